The molecule has 1 aromatic carbocycles. The minimum Gasteiger partial charge on any atom is -0.294 e. The van der Waals surface area contributed by atoms with Gasteiger partial charge in [0.25, 0.3) is 5.91 Å². The number of amides is 1. The summed E-state index contributed by atoms with van der Waals surface area (Å²) < 4.78 is 13.3. The molecule has 4 nitrogen and oxygen atoms in total. The van der Waals surface area contributed by atoms with Crippen LogP contribution in [0.2, 0.25) is 0 Å². The van der Waals surface area contributed by atoms with Gasteiger partial charge in [-0.3, -0.25) is 9.69 Å². The van der Waals surface area contributed by atoms with Crippen molar-refractivity contribution in [2.75, 3.05) is 19.6 Å². The third kappa shape index (κ3) is 4.44. The summed E-state index contributed by atoms with van der Waals surface area (Å²) >= 11 is 0. The van der Waals surface area contributed by atoms with Crippen LogP contribution < -0.4 is 5.43 Å². The zero-order valence-electron chi connectivity index (χ0n) is 10.8. The minimum atomic E-state index is -0.350. The van der Waals surface area contributed by atoms with E-state index in [2.05, 4.69) is 15.4 Å². The Labute approximate surface area is 112 Å². The van der Waals surface area contributed by atoms with Gasteiger partial charge in [-0.1, -0.05) is 24.6 Å². The molecule has 0 radical (unpaired) electrons. The summed E-state index contributed by atoms with van der Waals surface area (Å²) in [6.45, 7) is 2.28. The van der Waals surface area contributed by atoms with E-state index in [0.717, 1.165) is 25.9 Å². The van der Waals surface area contributed by atoms with Crippen molar-refractivity contribution in [2.45, 2.75) is 19.3 Å². The molecule has 0 saturated carbocycles. The first kappa shape index (κ1) is 13.7. The Morgan fingerprint density at radius 3 is 2.79 bits per heavy atom. The van der Waals surface area contributed by atoms with Crippen LogP contribution in [0, 0.1) is 5.82 Å². The molecule has 1 aliphatic rings. The van der Waals surface area contributed by atoms with E-state index in [0.29, 0.717) is 12.1 Å². The number of piperidine rings is 1. The molecule has 0 aromatic heterocycles. The van der Waals surface area contributed by atoms with Crippen LogP contribution in [-0.2, 0) is 4.79 Å². The minimum absolute atomic E-state index is 0.158. The summed E-state index contributed by atoms with van der Waals surface area (Å²) in [6, 6.07) is 6.30. The number of hydrogen-bond donors (Lipinski definition) is 1. The second-order valence-electron chi connectivity index (χ2n) is 4.65. The molecule has 19 heavy (non-hydrogen) atoms. The lowest BCUT2D eigenvalue weighted by Crippen LogP contribution is -2.38. The third-order valence-electron chi connectivity index (χ3n) is 3.11. The lowest BCUT2D eigenvalue weighted by atomic mass is 10.1. The predicted molar refractivity (Wildman–Crippen MR) is 72.4 cm³/mol. The molecule has 0 spiro atoms. The van der Waals surface area contributed by atoms with Crippen molar-refractivity contribution in [3.8, 4) is 0 Å². The molecule has 1 aromatic rings. The van der Waals surface area contributed by atoms with Crippen molar-refractivity contribution in [1.29, 1.82) is 0 Å². The van der Waals surface area contributed by atoms with E-state index in [4.69, 9.17) is 0 Å². The molecular weight excluding hydrogens is 245 g/mol. The molecule has 0 atom stereocenters. The molecule has 2 rings (SSSR count). The Morgan fingerprint density at radius 2 is 2.05 bits per heavy atom. The summed E-state index contributed by atoms with van der Waals surface area (Å²) in [6.07, 6.45) is 4.85. The lowest BCUT2D eigenvalue weighted by Gasteiger charge is -2.25. The predicted octanol–water partition coefficient (Wildman–Crippen LogP) is 1.76. The van der Waals surface area contributed by atoms with Crippen LogP contribution in [0.1, 0.15) is 24.8 Å². The molecule has 1 fully saturated rings. The summed E-state index contributed by atoms with van der Waals surface area (Å²) in [5.74, 6) is -0.508. The molecule has 1 heterocycles. The molecule has 5 heteroatoms. The second kappa shape index (κ2) is 6.99. The van der Waals surface area contributed by atoms with Crippen LogP contribution in [0.25, 0.3) is 0 Å². The van der Waals surface area contributed by atoms with Crippen LogP contribution in [0.15, 0.2) is 29.4 Å². The lowest BCUT2D eigenvalue weighted by molar-refractivity contribution is -0.122. The Bertz CT molecular complexity index is 456. The van der Waals surface area contributed by atoms with Crippen molar-refractivity contribution in [3.63, 3.8) is 0 Å². The monoisotopic (exact) mass is 263 g/mol. The molecule has 1 amide bonds. The van der Waals surface area contributed by atoms with Gasteiger partial charge in [0.15, 0.2) is 0 Å². The van der Waals surface area contributed by atoms with Gasteiger partial charge in [0.05, 0.1) is 12.8 Å². The summed E-state index contributed by atoms with van der Waals surface area (Å²) in [5.41, 5.74) is 2.79. The second-order valence-corrected chi connectivity index (χ2v) is 4.65. The van der Waals surface area contributed by atoms with Crippen molar-refractivity contribution in [3.05, 3.63) is 35.6 Å². The number of benzene rings is 1. The summed E-state index contributed by atoms with van der Waals surface area (Å²) in [4.78, 5) is 13.7. The first-order chi connectivity index (χ1) is 9.25. The zero-order valence-corrected chi connectivity index (χ0v) is 10.8. The average Bonchev–Trinajstić information content (AvgIpc) is 2.42. The fourth-order valence-electron chi connectivity index (χ4n) is 2.11. The van der Waals surface area contributed by atoms with Gasteiger partial charge >= 0.3 is 0 Å². The molecular formula is C14H18FN3O. The van der Waals surface area contributed by atoms with Crippen molar-refractivity contribution in [1.82, 2.24) is 10.3 Å². The third-order valence-corrected chi connectivity index (χ3v) is 3.11. The standard InChI is InChI=1S/C14H18FN3O/c15-13-7-3-2-6-12(13)10-16-17-14(19)11-18-8-4-1-5-9-18/h2-3,6-7,10H,1,4-5,8-9,11H2,(H,17,19)/b16-10-. The van der Waals surface area contributed by atoms with Crippen molar-refractivity contribution >= 4 is 12.1 Å². The van der Waals surface area contributed by atoms with Crippen LogP contribution >= 0.6 is 0 Å². The van der Waals surface area contributed by atoms with Crippen LogP contribution in [-0.4, -0.2) is 36.7 Å². The van der Waals surface area contributed by atoms with Gasteiger partial charge in [0.2, 0.25) is 0 Å². The fraction of sp³-hybridized carbons (Fsp3) is 0.429. The number of likely N-dealkylation sites (tertiary alicyclic amines) is 1. The quantitative estimate of drug-likeness (QED) is 0.664. The Balaban J connectivity index is 1.78. The number of hydrogen-bond acceptors (Lipinski definition) is 3. The van der Waals surface area contributed by atoms with Crippen molar-refractivity contribution < 1.29 is 9.18 Å². The van der Waals surface area contributed by atoms with Gasteiger partial charge in [-0.25, -0.2) is 9.82 Å². The molecule has 0 aliphatic carbocycles. The maximum absolute atomic E-state index is 13.3. The molecule has 1 N–H and O–H groups in total. The highest BCUT2D eigenvalue weighted by Gasteiger charge is 2.13. The van der Waals surface area contributed by atoms with E-state index >= 15 is 0 Å². The number of hydrazone groups is 1. The fourth-order valence-corrected chi connectivity index (χ4v) is 2.11. The van der Waals surface area contributed by atoms with E-state index in [9.17, 15) is 9.18 Å². The van der Waals surface area contributed by atoms with E-state index in [1.54, 1.807) is 18.2 Å². The Hall–Kier alpha value is -1.75. The molecule has 102 valence electrons. The number of carbonyl (C=O) groups excluding carboxylic acids is 1. The topological polar surface area (TPSA) is 44.7 Å². The maximum atomic E-state index is 13.3. The van der Waals surface area contributed by atoms with E-state index in [1.807, 2.05) is 0 Å². The van der Waals surface area contributed by atoms with Gasteiger partial charge in [-0.2, -0.15) is 5.10 Å². The Kier molecular flexibility index (Phi) is 5.03. The zero-order chi connectivity index (χ0) is 13.5. The van der Waals surface area contributed by atoms with Gasteiger partial charge in [0.1, 0.15) is 5.82 Å². The van der Waals surface area contributed by atoms with Crippen LogP contribution in [0.4, 0.5) is 4.39 Å². The smallest absolute Gasteiger partial charge is 0.254 e. The molecule has 0 bridgehead atoms. The summed E-state index contributed by atoms with van der Waals surface area (Å²) in [7, 11) is 0. The number of halogens is 1. The summed E-state index contributed by atoms with van der Waals surface area (Å²) in [5, 5.41) is 3.78. The molecule has 0 unspecified atom stereocenters. The van der Waals surface area contributed by atoms with Gasteiger partial charge in [0, 0.05) is 5.56 Å². The number of nitrogens with one attached hydrogen (secondary N) is 1. The molecule has 1 saturated heterocycles. The highest BCUT2D eigenvalue weighted by molar-refractivity contribution is 5.83. The van der Waals surface area contributed by atoms with Crippen LogP contribution in [0.3, 0.4) is 0 Å². The highest BCUT2D eigenvalue weighted by Crippen LogP contribution is 2.07. The number of carbonyl (C=O) groups is 1. The largest absolute Gasteiger partial charge is 0.294 e. The Morgan fingerprint density at radius 1 is 1.32 bits per heavy atom. The van der Waals surface area contributed by atoms with Crippen LogP contribution in [0.5, 0.6) is 0 Å². The SMILES string of the molecule is O=C(CN1CCCCC1)N/N=C\c1ccccc1F. The first-order valence-electron chi connectivity index (χ1n) is 6.54. The van der Waals surface area contributed by atoms with Crippen molar-refractivity contribution in [2.24, 2.45) is 5.10 Å². The van der Waals surface area contributed by atoms with E-state index in [-0.39, 0.29) is 11.7 Å². The van der Waals surface area contributed by atoms with Gasteiger partial charge in [-0.05, 0) is 32.0 Å². The average molecular weight is 263 g/mol. The van der Waals surface area contributed by atoms with E-state index < -0.39 is 0 Å². The van der Waals surface area contributed by atoms with Gasteiger partial charge < -0.3 is 0 Å². The highest BCUT2D eigenvalue weighted by atomic mass is 19.1. The number of nitrogens with zero attached hydrogens (tertiary/aromatic N) is 2. The maximum Gasteiger partial charge on any atom is 0.254 e. The number of rotatable bonds is 4. The normalized spacial score (nSPS) is 16.7. The first-order valence-corrected chi connectivity index (χ1v) is 6.54. The van der Waals surface area contributed by atoms with Gasteiger partial charge in [-0.15, -0.1) is 0 Å². The van der Waals surface area contributed by atoms with E-state index in [1.165, 1.54) is 18.7 Å². The molecule has 1 aliphatic heterocycles.